The molecule has 1 aliphatic heterocycles. The summed E-state index contributed by atoms with van der Waals surface area (Å²) in [6.45, 7) is 0.763. The lowest BCUT2D eigenvalue weighted by Crippen LogP contribution is -2.23. The van der Waals surface area contributed by atoms with Crippen molar-refractivity contribution in [2.24, 2.45) is 0 Å². The molecule has 0 radical (unpaired) electrons. The number of halogens is 1. The number of hydrogen-bond acceptors (Lipinski definition) is 4. The van der Waals surface area contributed by atoms with Gasteiger partial charge in [-0.3, -0.25) is 9.59 Å². The van der Waals surface area contributed by atoms with Crippen LogP contribution in [0.15, 0.2) is 54.7 Å². The van der Waals surface area contributed by atoms with Gasteiger partial charge in [-0.2, -0.15) is 0 Å². The van der Waals surface area contributed by atoms with E-state index in [9.17, 15) is 9.59 Å². The predicted octanol–water partition coefficient (Wildman–Crippen LogP) is 4.70. The lowest BCUT2D eigenvalue weighted by Gasteiger charge is -2.15. The van der Waals surface area contributed by atoms with E-state index < -0.39 is 0 Å². The molecule has 0 aliphatic carbocycles. The molecule has 0 spiro atoms. The quantitative estimate of drug-likeness (QED) is 0.622. The maximum atomic E-state index is 12.4. The molecule has 1 aliphatic rings. The smallest absolute Gasteiger partial charge is 0.230 e. The summed E-state index contributed by atoms with van der Waals surface area (Å²) in [6.07, 6.45) is 4.22. The number of rotatable bonds is 6. The van der Waals surface area contributed by atoms with Crippen LogP contribution in [0.2, 0.25) is 5.02 Å². The number of thiazole rings is 1. The summed E-state index contributed by atoms with van der Waals surface area (Å²) in [5, 5.41) is 4.17. The SMILES string of the molecule is O=C(Cc1ccc(N2CCCC2=O)cc1)Nc1ncc(Cc2ccccc2Cl)s1. The third-order valence-corrected chi connectivity index (χ3v) is 6.09. The molecule has 3 aromatic rings. The van der Waals surface area contributed by atoms with Gasteiger partial charge in [-0.15, -0.1) is 11.3 Å². The molecule has 29 heavy (non-hydrogen) atoms. The van der Waals surface area contributed by atoms with E-state index >= 15 is 0 Å². The molecule has 2 aromatic carbocycles. The maximum Gasteiger partial charge on any atom is 0.230 e. The molecule has 7 heteroatoms. The Morgan fingerprint density at radius 3 is 2.69 bits per heavy atom. The van der Waals surface area contributed by atoms with Gasteiger partial charge in [0.2, 0.25) is 11.8 Å². The van der Waals surface area contributed by atoms with Gasteiger partial charge in [0.15, 0.2) is 5.13 Å². The Bertz CT molecular complexity index is 1030. The topological polar surface area (TPSA) is 62.3 Å². The molecule has 1 N–H and O–H groups in total. The van der Waals surface area contributed by atoms with Gasteiger partial charge in [0.1, 0.15) is 0 Å². The van der Waals surface area contributed by atoms with Crippen LogP contribution in [0, 0.1) is 0 Å². The van der Waals surface area contributed by atoms with Crippen LogP contribution in [0.3, 0.4) is 0 Å². The number of amides is 2. The first-order valence-corrected chi connectivity index (χ1v) is 10.7. The van der Waals surface area contributed by atoms with E-state index in [1.54, 1.807) is 11.1 Å². The van der Waals surface area contributed by atoms with Crippen LogP contribution in [-0.2, 0) is 22.4 Å². The van der Waals surface area contributed by atoms with Crippen molar-refractivity contribution in [3.8, 4) is 0 Å². The highest BCUT2D eigenvalue weighted by Crippen LogP contribution is 2.25. The van der Waals surface area contributed by atoms with E-state index in [4.69, 9.17) is 11.6 Å². The normalized spacial score (nSPS) is 13.7. The minimum Gasteiger partial charge on any atom is -0.312 e. The van der Waals surface area contributed by atoms with Gasteiger partial charge in [0.25, 0.3) is 0 Å². The van der Waals surface area contributed by atoms with Crippen LogP contribution in [0.1, 0.15) is 28.8 Å². The van der Waals surface area contributed by atoms with E-state index in [0.29, 0.717) is 18.0 Å². The van der Waals surface area contributed by atoms with Crippen LogP contribution in [0.4, 0.5) is 10.8 Å². The summed E-state index contributed by atoms with van der Waals surface area (Å²) in [5.74, 6) is 0.0421. The Hall–Kier alpha value is -2.70. The first-order valence-electron chi connectivity index (χ1n) is 9.46. The predicted molar refractivity (Wildman–Crippen MR) is 117 cm³/mol. The third-order valence-electron chi connectivity index (χ3n) is 4.81. The molecule has 0 saturated carbocycles. The summed E-state index contributed by atoms with van der Waals surface area (Å²) < 4.78 is 0. The number of nitrogens with zero attached hydrogens (tertiary/aromatic N) is 2. The van der Waals surface area contributed by atoms with Gasteiger partial charge in [0.05, 0.1) is 6.42 Å². The second kappa shape index (κ2) is 8.76. The van der Waals surface area contributed by atoms with Crippen molar-refractivity contribution in [1.82, 2.24) is 4.98 Å². The number of anilines is 2. The molecular weight excluding hydrogens is 406 g/mol. The van der Waals surface area contributed by atoms with E-state index in [-0.39, 0.29) is 18.2 Å². The van der Waals surface area contributed by atoms with Crippen molar-refractivity contribution in [3.05, 3.63) is 75.8 Å². The lowest BCUT2D eigenvalue weighted by molar-refractivity contribution is -0.117. The zero-order chi connectivity index (χ0) is 20.2. The standard InChI is InChI=1S/C22H20ClN3O2S/c23-19-5-2-1-4-16(19)13-18-14-24-22(29-18)25-20(27)12-15-7-9-17(10-8-15)26-11-3-6-21(26)28/h1-2,4-5,7-10,14H,3,6,11-13H2,(H,24,25,27). The summed E-state index contributed by atoms with van der Waals surface area (Å²) in [6, 6.07) is 15.3. The van der Waals surface area contributed by atoms with Crippen molar-refractivity contribution in [3.63, 3.8) is 0 Å². The van der Waals surface area contributed by atoms with Gasteiger partial charge in [0, 0.05) is 41.2 Å². The molecule has 1 aromatic heterocycles. The highest BCUT2D eigenvalue weighted by atomic mass is 35.5. The molecule has 148 valence electrons. The van der Waals surface area contributed by atoms with Crippen LogP contribution in [-0.4, -0.2) is 23.3 Å². The highest BCUT2D eigenvalue weighted by Gasteiger charge is 2.21. The fourth-order valence-electron chi connectivity index (χ4n) is 3.34. The lowest BCUT2D eigenvalue weighted by atomic mass is 10.1. The van der Waals surface area contributed by atoms with E-state index in [2.05, 4.69) is 10.3 Å². The summed E-state index contributed by atoms with van der Waals surface area (Å²) >= 11 is 7.66. The molecule has 5 nitrogen and oxygen atoms in total. The second-order valence-corrected chi connectivity index (χ2v) is 8.46. The molecule has 2 amide bonds. The highest BCUT2D eigenvalue weighted by molar-refractivity contribution is 7.15. The first-order chi connectivity index (χ1) is 14.1. The van der Waals surface area contributed by atoms with Gasteiger partial charge in [-0.25, -0.2) is 4.98 Å². The average Bonchev–Trinajstić information content (AvgIpc) is 3.33. The Morgan fingerprint density at radius 1 is 1.17 bits per heavy atom. The second-order valence-electron chi connectivity index (χ2n) is 6.94. The largest absolute Gasteiger partial charge is 0.312 e. The van der Waals surface area contributed by atoms with Gasteiger partial charge >= 0.3 is 0 Å². The molecule has 0 unspecified atom stereocenters. The van der Waals surface area contributed by atoms with Gasteiger partial charge in [-0.1, -0.05) is 41.9 Å². The summed E-state index contributed by atoms with van der Waals surface area (Å²) in [5.41, 5.74) is 2.82. The summed E-state index contributed by atoms with van der Waals surface area (Å²) in [4.78, 5) is 31.3. The molecule has 1 saturated heterocycles. The van der Waals surface area contributed by atoms with E-state index in [1.807, 2.05) is 48.5 Å². The maximum absolute atomic E-state index is 12.4. The van der Waals surface area contributed by atoms with Crippen molar-refractivity contribution < 1.29 is 9.59 Å². The number of carbonyl (C=O) groups excluding carboxylic acids is 2. The number of aromatic nitrogens is 1. The Labute approximate surface area is 178 Å². The molecular formula is C22H20ClN3O2S. The van der Waals surface area contributed by atoms with Crippen LogP contribution in [0.5, 0.6) is 0 Å². The monoisotopic (exact) mass is 425 g/mol. The van der Waals surface area contributed by atoms with Gasteiger partial charge in [-0.05, 0) is 35.7 Å². The van der Waals surface area contributed by atoms with Crippen LogP contribution < -0.4 is 10.2 Å². The van der Waals surface area contributed by atoms with Gasteiger partial charge < -0.3 is 10.2 Å². The number of nitrogens with one attached hydrogen (secondary N) is 1. The first kappa shape index (κ1) is 19.6. The molecule has 1 fully saturated rings. The summed E-state index contributed by atoms with van der Waals surface area (Å²) in [7, 11) is 0. The van der Waals surface area contributed by atoms with E-state index in [0.717, 1.165) is 39.7 Å². The molecule has 4 rings (SSSR count). The average molecular weight is 426 g/mol. The van der Waals surface area contributed by atoms with Crippen molar-refractivity contribution in [1.29, 1.82) is 0 Å². The Kier molecular flexibility index (Phi) is 5.92. The minimum atomic E-state index is -0.117. The number of hydrogen-bond donors (Lipinski definition) is 1. The van der Waals surface area contributed by atoms with Crippen molar-refractivity contribution in [2.45, 2.75) is 25.7 Å². The zero-order valence-corrected chi connectivity index (χ0v) is 17.3. The van der Waals surface area contributed by atoms with Crippen molar-refractivity contribution in [2.75, 3.05) is 16.8 Å². The van der Waals surface area contributed by atoms with Crippen LogP contribution >= 0.6 is 22.9 Å². The van der Waals surface area contributed by atoms with Crippen molar-refractivity contribution >= 4 is 45.6 Å². The zero-order valence-electron chi connectivity index (χ0n) is 15.7. The fourth-order valence-corrected chi connectivity index (χ4v) is 4.39. The third kappa shape index (κ3) is 4.83. The molecule has 2 heterocycles. The molecule has 0 atom stereocenters. The minimum absolute atomic E-state index is 0.117. The number of benzene rings is 2. The van der Waals surface area contributed by atoms with E-state index in [1.165, 1.54) is 11.3 Å². The Morgan fingerprint density at radius 2 is 1.97 bits per heavy atom. The molecule has 0 bridgehead atoms. The fraction of sp³-hybridized carbons (Fsp3) is 0.227. The van der Waals surface area contributed by atoms with Crippen LogP contribution in [0.25, 0.3) is 0 Å². The Balaban J connectivity index is 1.33. The number of carbonyl (C=O) groups is 2.